The monoisotopic (exact) mass is 189 g/mol. The Labute approximate surface area is 86.1 Å². The lowest BCUT2D eigenvalue weighted by Crippen LogP contribution is -2.16. The van der Waals surface area contributed by atoms with Crippen LogP contribution in [0.3, 0.4) is 0 Å². The van der Waals surface area contributed by atoms with E-state index in [4.69, 9.17) is 4.74 Å². The summed E-state index contributed by atoms with van der Waals surface area (Å²) in [5, 5.41) is 0. The third kappa shape index (κ3) is 2.85. The molecule has 1 aromatic rings. The summed E-state index contributed by atoms with van der Waals surface area (Å²) in [7, 11) is 0. The molecule has 0 amide bonds. The molecule has 0 unspecified atom stereocenters. The van der Waals surface area contributed by atoms with Gasteiger partial charge in [0.25, 0.3) is 0 Å². The Morgan fingerprint density at radius 1 is 1.21 bits per heavy atom. The first kappa shape index (κ1) is 9.72. The van der Waals surface area contributed by atoms with Crippen molar-refractivity contribution >= 4 is 0 Å². The Hall–Kier alpha value is -0.820. The summed E-state index contributed by atoms with van der Waals surface area (Å²) < 4.78 is 5.84. The van der Waals surface area contributed by atoms with E-state index in [1.54, 1.807) is 0 Å². The van der Waals surface area contributed by atoms with Crippen LogP contribution < -0.4 is 0 Å². The molecule has 1 aliphatic carbocycles. The number of benzene rings is 1. The summed E-state index contributed by atoms with van der Waals surface area (Å²) in [5.41, 5.74) is 1.16. The standard InChI is InChI=1S/C13H17O/c1-3-7-12(8-4-1)11-14-13-9-5-2-6-10-13/h1,3-4,7,13H,2,5-6,9-11H2. The topological polar surface area (TPSA) is 9.23 Å². The van der Waals surface area contributed by atoms with Gasteiger partial charge in [-0.1, -0.05) is 43.5 Å². The average Bonchev–Trinajstić information content (AvgIpc) is 2.29. The first-order valence-electron chi connectivity index (χ1n) is 5.52. The van der Waals surface area contributed by atoms with Gasteiger partial charge in [-0.2, -0.15) is 0 Å². The van der Waals surface area contributed by atoms with E-state index in [9.17, 15) is 0 Å². The fourth-order valence-corrected chi connectivity index (χ4v) is 1.96. The molecule has 75 valence electrons. The summed E-state index contributed by atoms with van der Waals surface area (Å²) in [5.74, 6) is 0. The van der Waals surface area contributed by atoms with Crippen LogP contribution in [0.25, 0.3) is 0 Å². The van der Waals surface area contributed by atoms with Gasteiger partial charge in [0.2, 0.25) is 0 Å². The van der Waals surface area contributed by atoms with E-state index in [-0.39, 0.29) is 0 Å². The fraction of sp³-hybridized carbons (Fsp3) is 0.538. The van der Waals surface area contributed by atoms with Gasteiger partial charge in [-0.3, -0.25) is 0 Å². The largest absolute Gasteiger partial charge is 0.374 e. The van der Waals surface area contributed by atoms with Crippen LogP contribution in [0.5, 0.6) is 0 Å². The second kappa shape index (κ2) is 5.16. The number of hydrogen-bond donors (Lipinski definition) is 0. The van der Waals surface area contributed by atoms with Crippen LogP contribution in [0.4, 0.5) is 0 Å². The molecule has 0 heterocycles. The summed E-state index contributed by atoms with van der Waals surface area (Å²) in [6, 6.07) is 11.2. The molecule has 1 nitrogen and oxygen atoms in total. The Balaban J connectivity index is 1.76. The highest BCUT2D eigenvalue weighted by Gasteiger charge is 2.13. The van der Waals surface area contributed by atoms with E-state index in [2.05, 4.69) is 12.1 Å². The molecule has 0 aromatic heterocycles. The molecule has 1 aromatic carbocycles. The lowest BCUT2D eigenvalue weighted by Gasteiger charge is -2.21. The molecule has 0 atom stereocenters. The summed E-state index contributed by atoms with van der Waals surface area (Å²) in [6.07, 6.45) is 7.04. The lowest BCUT2D eigenvalue weighted by atomic mass is 9.98. The zero-order valence-corrected chi connectivity index (χ0v) is 8.54. The molecule has 0 N–H and O–H groups in total. The van der Waals surface area contributed by atoms with Crippen molar-refractivity contribution in [2.24, 2.45) is 0 Å². The molecule has 0 saturated heterocycles. The van der Waals surface area contributed by atoms with E-state index in [0.717, 1.165) is 12.2 Å². The molecular formula is C13H17O. The summed E-state index contributed by atoms with van der Waals surface area (Å²) in [4.78, 5) is 0. The van der Waals surface area contributed by atoms with Crippen LogP contribution in [0, 0.1) is 6.07 Å². The van der Waals surface area contributed by atoms with Gasteiger partial charge in [0.15, 0.2) is 0 Å². The highest BCUT2D eigenvalue weighted by Crippen LogP contribution is 2.21. The van der Waals surface area contributed by atoms with E-state index >= 15 is 0 Å². The normalized spacial score (nSPS) is 18.3. The van der Waals surface area contributed by atoms with Crippen molar-refractivity contribution in [1.82, 2.24) is 0 Å². The molecule has 0 aliphatic heterocycles. The minimum absolute atomic E-state index is 0.498. The predicted octanol–water partition coefficient (Wildman–Crippen LogP) is 3.34. The highest BCUT2D eigenvalue weighted by atomic mass is 16.5. The molecule has 14 heavy (non-hydrogen) atoms. The minimum Gasteiger partial charge on any atom is -0.374 e. The molecule has 1 heteroatoms. The van der Waals surface area contributed by atoms with Gasteiger partial charge in [-0.05, 0) is 24.5 Å². The van der Waals surface area contributed by atoms with Crippen molar-refractivity contribution < 1.29 is 4.74 Å². The van der Waals surface area contributed by atoms with E-state index in [0.29, 0.717) is 6.10 Å². The zero-order chi connectivity index (χ0) is 9.64. The average molecular weight is 189 g/mol. The second-order valence-electron chi connectivity index (χ2n) is 3.96. The predicted molar refractivity (Wildman–Crippen MR) is 56.9 cm³/mol. The first-order chi connectivity index (χ1) is 6.95. The van der Waals surface area contributed by atoms with Crippen LogP contribution in [0.1, 0.15) is 37.7 Å². The molecule has 1 radical (unpaired) electrons. The van der Waals surface area contributed by atoms with Crippen LogP contribution in [0.2, 0.25) is 0 Å². The maximum absolute atomic E-state index is 5.84. The van der Waals surface area contributed by atoms with E-state index in [1.165, 1.54) is 32.1 Å². The molecule has 1 saturated carbocycles. The quantitative estimate of drug-likeness (QED) is 0.708. The number of hydrogen-bond acceptors (Lipinski definition) is 1. The molecule has 1 fully saturated rings. The van der Waals surface area contributed by atoms with Crippen molar-refractivity contribution in [1.29, 1.82) is 0 Å². The smallest absolute Gasteiger partial charge is 0.0726 e. The third-order valence-electron chi connectivity index (χ3n) is 2.80. The van der Waals surface area contributed by atoms with Gasteiger partial charge in [-0.25, -0.2) is 0 Å². The van der Waals surface area contributed by atoms with Crippen molar-refractivity contribution in [2.45, 2.75) is 44.8 Å². The van der Waals surface area contributed by atoms with Crippen molar-refractivity contribution in [3.63, 3.8) is 0 Å². The molecule has 0 bridgehead atoms. The Morgan fingerprint density at radius 3 is 2.79 bits per heavy atom. The van der Waals surface area contributed by atoms with Crippen LogP contribution in [-0.4, -0.2) is 6.10 Å². The Kier molecular flexibility index (Phi) is 3.58. The van der Waals surface area contributed by atoms with Crippen LogP contribution in [-0.2, 0) is 11.3 Å². The Morgan fingerprint density at radius 2 is 2.07 bits per heavy atom. The van der Waals surface area contributed by atoms with E-state index in [1.807, 2.05) is 18.2 Å². The highest BCUT2D eigenvalue weighted by molar-refractivity contribution is 5.11. The van der Waals surface area contributed by atoms with Crippen LogP contribution in [0.15, 0.2) is 24.3 Å². The Bertz CT molecular complexity index is 249. The maximum atomic E-state index is 5.84. The van der Waals surface area contributed by atoms with Crippen molar-refractivity contribution in [2.75, 3.05) is 0 Å². The van der Waals surface area contributed by atoms with Crippen molar-refractivity contribution in [3.8, 4) is 0 Å². The maximum Gasteiger partial charge on any atom is 0.0726 e. The van der Waals surface area contributed by atoms with Crippen LogP contribution >= 0.6 is 0 Å². The number of rotatable bonds is 3. The fourth-order valence-electron chi connectivity index (χ4n) is 1.96. The summed E-state index contributed by atoms with van der Waals surface area (Å²) in [6.45, 7) is 0.728. The van der Waals surface area contributed by atoms with Gasteiger partial charge < -0.3 is 4.74 Å². The van der Waals surface area contributed by atoms with Gasteiger partial charge >= 0.3 is 0 Å². The van der Waals surface area contributed by atoms with Gasteiger partial charge in [0.05, 0.1) is 12.7 Å². The van der Waals surface area contributed by atoms with Gasteiger partial charge in [0.1, 0.15) is 0 Å². The van der Waals surface area contributed by atoms with Gasteiger partial charge in [-0.15, -0.1) is 0 Å². The SMILES string of the molecule is [c]1ccccc1COC1CCCCC1. The first-order valence-corrected chi connectivity index (χ1v) is 5.52. The molecule has 0 spiro atoms. The lowest BCUT2D eigenvalue weighted by molar-refractivity contribution is 0.0168. The zero-order valence-electron chi connectivity index (χ0n) is 8.54. The minimum atomic E-state index is 0.498. The second-order valence-corrected chi connectivity index (χ2v) is 3.96. The van der Waals surface area contributed by atoms with Crippen molar-refractivity contribution in [3.05, 3.63) is 35.9 Å². The number of ether oxygens (including phenoxy) is 1. The van der Waals surface area contributed by atoms with Gasteiger partial charge in [0, 0.05) is 0 Å². The van der Waals surface area contributed by atoms with E-state index < -0.39 is 0 Å². The summed E-state index contributed by atoms with van der Waals surface area (Å²) >= 11 is 0. The third-order valence-corrected chi connectivity index (χ3v) is 2.80. The molecule has 2 rings (SSSR count). The molecule has 1 aliphatic rings. The molecular weight excluding hydrogens is 172 g/mol.